The van der Waals surface area contributed by atoms with E-state index in [0.717, 1.165) is 11.5 Å². The van der Waals surface area contributed by atoms with E-state index < -0.39 is 0 Å². The first-order valence-corrected chi connectivity index (χ1v) is 7.30. The number of aromatic nitrogens is 1. The molecule has 0 spiro atoms. The summed E-state index contributed by atoms with van der Waals surface area (Å²) in [6.45, 7) is 0. The molecule has 0 unspecified atom stereocenters. The maximum absolute atomic E-state index is 4.55. The van der Waals surface area contributed by atoms with E-state index in [1.807, 2.05) is 18.3 Å². The number of anilines is 3. The Balaban J connectivity index is 0.00000156. The van der Waals surface area contributed by atoms with Crippen molar-refractivity contribution in [3.05, 3.63) is 72.9 Å². The van der Waals surface area contributed by atoms with Gasteiger partial charge in [-0.2, -0.15) is 0 Å². The van der Waals surface area contributed by atoms with E-state index in [9.17, 15) is 0 Å². The summed E-state index contributed by atoms with van der Waals surface area (Å²) >= 11 is 0. The van der Waals surface area contributed by atoms with Gasteiger partial charge in [0.25, 0.3) is 0 Å². The van der Waals surface area contributed by atoms with Crippen molar-refractivity contribution < 1.29 is 20.1 Å². The molecular weight excluding hydrogens is 461 g/mol. The SMILES string of the molecule is CN1[B]N(c2cc(-c3ccccc3)ccn2)c2ccccc21.[Ir]. The van der Waals surface area contributed by atoms with Gasteiger partial charge in [-0.05, 0) is 42.4 Å². The van der Waals surface area contributed by atoms with Crippen LogP contribution in [0.2, 0.25) is 0 Å². The van der Waals surface area contributed by atoms with Crippen molar-refractivity contribution in [3.8, 4) is 11.1 Å². The number of fused-ring (bicyclic) bond motifs is 1. The number of nitrogens with zero attached hydrogens (tertiary/aromatic N) is 3. The summed E-state index contributed by atoms with van der Waals surface area (Å²) in [5.41, 5.74) is 4.72. The van der Waals surface area contributed by atoms with Crippen molar-refractivity contribution in [1.82, 2.24) is 4.98 Å². The molecule has 0 atom stereocenters. The molecule has 3 aromatic rings. The Morgan fingerprint density at radius 2 is 1.52 bits per heavy atom. The van der Waals surface area contributed by atoms with Gasteiger partial charge >= 0.3 is 7.55 Å². The molecule has 3 nitrogen and oxygen atoms in total. The van der Waals surface area contributed by atoms with E-state index in [1.54, 1.807) is 0 Å². The van der Waals surface area contributed by atoms with E-state index in [4.69, 9.17) is 0 Å². The first-order valence-electron chi connectivity index (χ1n) is 7.30. The Hall–Kier alpha value is -2.10. The van der Waals surface area contributed by atoms with Gasteiger partial charge in [-0.1, -0.05) is 42.5 Å². The molecule has 0 fully saturated rings. The molecule has 0 bridgehead atoms. The summed E-state index contributed by atoms with van der Waals surface area (Å²) in [5.74, 6) is 0.929. The number of hydrogen-bond donors (Lipinski definition) is 0. The summed E-state index contributed by atoms with van der Waals surface area (Å²) < 4.78 is 0. The minimum Gasteiger partial charge on any atom is -0.400 e. The van der Waals surface area contributed by atoms with Crippen LogP contribution in [0.5, 0.6) is 0 Å². The van der Waals surface area contributed by atoms with E-state index in [2.05, 4.69) is 83.8 Å². The quantitative estimate of drug-likeness (QED) is 0.524. The normalized spacial score (nSPS) is 12.4. The molecule has 0 aliphatic carbocycles. The van der Waals surface area contributed by atoms with Crippen LogP contribution in [0.1, 0.15) is 0 Å². The van der Waals surface area contributed by atoms with Crippen molar-refractivity contribution in [2.45, 2.75) is 0 Å². The summed E-state index contributed by atoms with van der Waals surface area (Å²) in [4.78, 5) is 8.79. The van der Waals surface area contributed by atoms with E-state index in [0.29, 0.717) is 0 Å². The number of hydrogen-bond acceptors (Lipinski definition) is 3. The molecule has 2 heterocycles. The van der Waals surface area contributed by atoms with Gasteiger partial charge in [0.15, 0.2) is 0 Å². The molecular formula is C18H15BIrN3. The third-order valence-corrected chi connectivity index (χ3v) is 3.91. The summed E-state index contributed by atoms with van der Waals surface area (Å²) in [6, 6.07) is 22.9. The zero-order chi connectivity index (χ0) is 14.9. The van der Waals surface area contributed by atoms with Crippen molar-refractivity contribution >= 4 is 24.7 Å². The minimum absolute atomic E-state index is 0. The molecule has 0 saturated carbocycles. The van der Waals surface area contributed by atoms with Crippen LogP contribution in [-0.2, 0) is 20.1 Å². The topological polar surface area (TPSA) is 19.4 Å². The van der Waals surface area contributed by atoms with Gasteiger partial charge in [0, 0.05) is 32.0 Å². The van der Waals surface area contributed by atoms with Crippen molar-refractivity contribution in [1.29, 1.82) is 0 Å². The van der Waals surface area contributed by atoms with Crippen LogP contribution in [-0.4, -0.2) is 19.6 Å². The molecule has 1 aromatic heterocycles. The van der Waals surface area contributed by atoms with Crippen molar-refractivity contribution in [2.75, 3.05) is 16.7 Å². The first-order chi connectivity index (χ1) is 10.8. The molecule has 0 N–H and O–H groups in total. The van der Waals surface area contributed by atoms with E-state index in [1.165, 1.54) is 16.8 Å². The smallest absolute Gasteiger partial charge is 0.397 e. The van der Waals surface area contributed by atoms with Gasteiger partial charge < -0.3 is 9.62 Å². The molecule has 4 rings (SSSR count). The Kier molecular flexibility index (Phi) is 4.51. The molecule has 114 valence electrons. The Labute approximate surface area is 150 Å². The molecule has 1 aliphatic rings. The number of pyridine rings is 1. The minimum atomic E-state index is 0. The van der Waals surface area contributed by atoms with Crippen LogP contribution >= 0.6 is 0 Å². The largest absolute Gasteiger partial charge is 0.400 e. The monoisotopic (exact) mass is 477 g/mol. The number of rotatable bonds is 2. The third-order valence-electron chi connectivity index (χ3n) is 3.91. The molecule has 1 aliphatic heterocycles. The Morgan fingerprint density at radius 1 is 0.826 bits per heavy atom. The zero-order valence-corrected chi connectivity index (χ0v) is 15.1. The Bertz CT molecular complexity index is 810. The van der Waals surface area contributed by atoms with Crippen LogP contribution in [0.3, 0.4) is 0 Å². The fourth-order valence-corrected chi connectivity index (χ4v) is 2.81. The fourth-order valence-electron chi connectivity index (χ4n) is 2.81. The predicted molar refractivity (Wildman–Crippen MR) is 92.4 cm³/mol. The fraction of sp³-hybridized carbons (Fsp3) is 0.0556. The van der Waals surface area contributed by atoms with E-state index in [-0.39, 0.29) is 20.1 Å². The first kappa shape index (κ1) is 15.8. The average molecular weight is 476 g/mol. The van der Waals surface area contributed by atoms with Crippen LogP contribution < -0.4 is 9.62 Å². The standard InChI is InChI=1S/C18H15BN3.Ir/c1-21-16-9-5-6-10-17(16)22(19-21)18-13-15(11-12-20-18)14-7-3-2-4-8-14;/h2-13H,1H3;. The van der Waals surface area contributed by atoms with Crippen molar-refractivity contribution in [3.63, 3.8) is 0 Å². The maximum Gasteiger partial charge on any atom is 0.397 e. The van der Waals surface area contributed by atoms with Gasteiger partial charge in [0.1, 0.15) is 5.82 Å². The number of para-hydroxylation sites is 2. The van der Waals surface area contributed by atoms with Crippen LogP contribution in [0.15, 0.2) is 72.9 Å². The Morgan fingerprint density at radius 3 is 2.30 bits per heavy atom. The van der Waals surface area contributed by atoms with Crippen LogP contribution in [0.25, 0.3) is 11.1 Å². The summed E-state index contributed by atoms with van der Waals surface area (Å²) in [7, 11) is 4.13. The predicted octanol–water partition coefficient (Wildman–Crippen LogP) is 3.87. The second-order valence-electron chi connectivity index (χ2n) is 5.35. The van der Waals surface area contributed by atoms with Gasteiger partial charge in [-0.15, -0.1) is 0 Å². The summed E-state index contributed by atoms with van der Waals surface area (Å²) in [6.07, 6.45) is 1.87. The molecule has 2 radical (unpaired) electrons. The second kappa shape index (κ2) is 6.57. The molecule has 5 heteroatoms. The molecule has 0 amide bonds. The molecule has 0 saturated heterocycles. The number of benzene rings is 2. The average Bonchev–Trinajstić information content (AvgIpc) is 2.93. The van der Waals surface area contributed by atoms with Crippen LogP contribution in [0.4, 0.5) is 17.2 Å². The molecule has 2 aromatic carbocycles. The second-order valence-corrected chi connectivity index (χ2v) is 5.35. The molecule has 23 heavy (non-hydrogen) atoms. The van der Waals surface area contributed by atoms with E-state index >= 15 is 0 Å². The van der Waals surface area contributed by atoms with Gasteiger partial charge in [-0.25, -0.2) is 4.98 Å². The van der Waals surface area contributed by atoms with Crippen LogP contribution in [0, 0.1) is 0 Å². The van der Waals surface area contributed by atoms with Gasteiger partial charge in [-0.3, -0.25) is 0 Å². The third kappa shape index (κ3) is 2.90. The zero-order valence-electron chi connectivity index (χ0n) is 12.7. The van der Waals surface area contributed by atoms with Gasteiger partial charge in [0.2, 0.25) is 0 Å². The summed E-state index contributed by atoms with van der Waals surface area (Å²) in [5, 5.41) is 0. The van der Waals surface area contributed by atoms with Crippen molar-refractivity contribution in [2.24, 2.45) is 0 Å². The maximum atomic E-state index is 4.55. The van der Waals surface area contributed by atoms with Gasteiger partial charge in [0.05, 0.1) is 5.69 Å².